The average Bonchev–Trinajstić information content (AvgIpc) is 2.34. The Morgan fingerprint density at radius 2 is 1.86 bits per heavy atom. The molecule has 0 bridgehead atoms. The third kappa shape index (κ3) is 2.45. The zero-order valence-electron chi connectivity index (χ0n) is 7.81. The van der Waals surface area contributed by atoms with Crippen LogP contribution in [0, 0.1) is 0 Å². The summed E-state index contributed by atoms with van der Waals surface area (Å²) in [4.78, 5) is 32.2. The first-order valence-electron chi connectivity index (χ1n) is 4.02. The average molecular weight is 202 g/mol. The van der Waals surface area contributed by atoms with Crippen molar-refractivity contribution < 1.29 is 28.6 Å². The van der Waals surface area contributed by atoms with Crippen LogP contribution in [0.2, 0.25) is 0 Å². The van der Waals surface area contributed by atoms with Gasteiger partial charge in [0.15, 0.2) is 6.10 Å². The monoisotopic (exact) mass is 202 g/mol. The summed E-state index contributed by atoms with van der Waals surface area (Å²) in [5.74, 6) is -1.86. The summed E-state index contributed by atoms with van der Waals surface area (Å²) in [7, 11) is 0. The molecule has 6 heteroatoms. The van der Waals surface area contributed by atoms with Gasteiger partial charge in [0.1, 0.15) is 6.61 Å². The minimum absolute atomic E-state index is 0.0731. The molecule has 1 saturated heterocycles. The van der Waals surface area contributed by atoms with Crippen molar-refractivity contribution in [2.75, 3.05) is 6.61 Å². The second-order valence-electron chi connectivity index (χ2n) is 2.81. The number of rotatable bonds is 2. The molecule has 1 aliphatic heterocycles. The number of hydrogen-bond donors (Lipinski definition) is 0. The Kier molecular flexibility index (Phi) is 3.06. The molecule has 0 aromatic heterocycles. The summed E-state index contributed by atoms with van der Waals surface area (Å²) in [6.07, 6.45) is -1.96. The molecule has 6 nitrogen and oxygen atoms in total. The second-order valence-corrected chi connectivity index (χ2v) is 2.81. The lowest BCUT2D eigenvalue weighted by Gasteiger charge is -2.14. The molecule has 1 aliphatic rings. The van der Waals surface area contributed by atoms with E-state index in [-0.39, 0.29) is 6.61 Å². The maximum absolute atomic E-state index is 11.0. The molecule has 0 aromatic carbocycles. The van der Waals surface area contributed by atoms with E-state index in [1.165, 1.54) is 6.92 Å². The van der Waals surface area contributed by atoms with Crippen molar-refractivity contribution in [2.45, 2.75) is 26.1 Å². The Hall–Kier alpha value is -1.59. The van der Waals surface area contributed by atoms with E-state index in [4.69, 9.17) is 4.74 Å². The van der Waals surface area contributed by atoms with Gasteiger partial charge in [0.2, 0.25) is 6.10 Å². The predicted octanol–water partition coefficient (Wildman–Crippen LogP) is -0.593. The molecule has 1 heterocycles. The lowest BCUT2D eigenvalue weighted by molar-refractivity contribution is -0.166. The molecule has 78 valence electrons. The van der Waals surface area contributed by atoms with Gasteiger partial charge >= 0.3 is 17.9 Å². The van der Waals surface area contributed by atoms with Crippen LogP contribution in [-0.4, -0.2) is 36.7 Å². The zero-order chi connectivity index (χ0) is 10.7. The maximum atomic E-state index is 11.0. The number of ether oxygens (including phenoxy) is 3. The Morgan fingerprint density at radius 3 is 2.36 bits per heavy atom. The molecule has 0 aromatic rings. The van der Waals surface area contributed by atoms with Gasteiger partial charge in [0.25, 0.3) is 0 Å². The quantitative estimate of drug-likeness (QED) is 0.439. The van der Waals surface area contributed by atoms with Gasteiger partial charge in [-0.15, -0.1) is 0 Å². The summed E-state index contributed by atoms with van der Waals surface area (Å²) < 4.78 is 14.0. The minimum Gasteiger partial charge on any atom is -0.459 e. The van der Waals surface area contributed by atoms with Gasteiger partial charge in [0, 0.05) is 13.8 Å². The van der Waals surface area contributed by atoms with Crippen molar-refractivity contribution in [3.05, 3.63) is 0 Å². The van der Waals surface area contributed by atoms with E-state index in [1.807, 2.05) is 0 Å². The Bertz CT molecular complexity index is 271. The van der Waals surface area contributed by atoms with Crippen molar-refractivity contribution in [2.24, 2.45) is 0 Å². The first kappa shape index (κ1) is 10.5. The molecule has 1 fully saturated rings. The Labute approximate surface area is 80.1 Å². The summed E-state index contributed by atoms with van der Waals surface area (Å²) in [6, 6.07) is 0. The normalized spacial score (nSPS) is 25.4. The van der Waals surface area contributed by atoms with Gasteiger partial charge < -0.3 is 14.2 Å². The van der Waals surface area contributed by atoms with E-state index >= 15 is 0 Å². The first-order chi connectivity index (χ1) is 6.50. The Morgan fingerprint density at radius 1 is 1.29 bits per heavy atom. The molecule has 2 unspecified atom stereocenters. The van der Waals surface area contributed by atoms with Gasteiger partial charge in [-0.05, 0) is 0 Å². The van der Waals surface area contributed by atoms with Crippen LogP contribution >= 0.6 is 0 Å². The fourth-order valence-electron chi connectivity index (χ4n) is 1.10. The fourth-order valence-corrected chi connectivity index (χ4v) is 1.10. The van der Waals surface area contributed by atoms with Crippen molar-refractivity contribution in [3.8, 4) is 0 Å². The lowest BCUT2D eigenvalue weighted by Crippen LogP contribution is -2.35. The molecule has 1 rings (SSSR count). The van der Waals surface area contributed by atoms with Crippen LogP contribution in [0.5, 0.6) is 0 Å². The van der Waals surface area contributed by atoms with Crippen molar-refractivity contribution >= 4 is 17.9 Å². The third-order valence-electron chi connectivity index (χ3n) is 1.57. The van der Waals surface area contributed by atoms with Gasteiger partial charge in [-0.2, -0.15) is 0 Å². The molecule has 0 saturated carbocycles. The van der Waals surface area contributed by atoms with Gasteiger partial charge in [-0.3, -0.25) is 9.59 Å². The number of esters is 3. The fraction of sp³-hybridized carbons (Fsp3) is 0.625. The van der Waals surface area contributed by atoms with Gasteiger partial charge in [-0.25, -0.2) is 4.79 Å². The van der Waals surface area contributed by atoms with E-state index < -0.39 is 30.1 Å². The number of carbonyl (C=O) groups is 3. The topological polar surface area (TPSA) is 78.9 Å². The predicted molar refractivity (Wildman–Crippen MR) is 42.1 cm³/mol. The lowest BCUT2D eigenvalue weighted by atomic mass is 10.2. The SMILES string of the molecule is CC(=O)OC1COC(=O)C1OC(C)=O. The van der Waals surface area contributed by atoms with Gasteiger partial charge in [0.05, 0.1) is 0 Å². The molecule has 0 spiro atoms. The highest BCUT2D eigenvalue weighted by Gasteiger charge is 2.42. The van der Waals surface area contributed by atoms with Crippen LogP contribution < -0.4 is 0 Å². The van der Waals surface area contributed by atoms with Crippen LogP contribution in [0.4, 0.5) is 0 Å². The smallest absolute Gasteiger partial charge is 0.351 e. The molecule has 0 aliphatic carbocycles. The number of carbonyl (C=O) groups excluding carboxylic acids is 3. The van der Waals surface area contributed by atoms with E-state index in [2.05, 4.69) is 9.47 Å². The maximum Gasteiger partial charge on any atom is 0.351 e. The van der Waals surface area contributed by atoms with Crippen molar-refractivity contribution in [3.63, 3.8) is 0 Å². The summed E-state index contributed by atoms with van der Waals surface area (Å²) in [5, 5.41) is 0. The van der Waals surface area contributed by atoms with Crippen LogP contribution in [0.25, 0.3) is 0 Å². The highest BCUT2D eigenvalue weighted by Crippen LogP contribution is 2.15. The summed E-state index contributed by atoms with van der Waals surface area (Å²) in [6.45, 7) is 2.29. The van der Waals surface area contributed by atoms with E-state index in [1.54, 1.807) is 0 Å². The highest BCUT2D eigenvalue weighted by molar-refractivity contribution is 5.81. The largest absolute Gasteiger partial charge is 0.459 e. The molecular formula is C8H10O6. The third-order valence-corrected chi connectivity index (χ3v) is 1.57. The van der Waals surface area contributed by atoms with Crippen LogP contribution in [0.3, 0.4) is 0 Å². The molecular weight excluding hydrogens is 192 g/mol. The molecule has 14 heavy (non-hydrogen) atoms. The molecule has 0 amide bonds. The summed E-state index contributed by atoms with van der Waals surface area (Å²) in [5.41, 5.74) is 0. The van der Waals surface area contributed by atoms with Crippen LogP contribution in [0.15, 0.2) is 0 Å². The number of cyclic esters (lactones) is 1. The highest BCUT2D eigenvalue weighted by atomic mass is 16.6. The van der Waals surface area contributed by atoms with Gasteiger partial charge in [-0.1, -0.05) is 0 Å². The van der Waals surface area contributed by atoms with E-state index in [9.17, 15) is 14.4 Å². The zero-order valence-corrected chi connectivity index (χ0v) is 7.81. The van der Waals surface area contributed by atoms with E-state index in [0.717, 1.165) is 6.92 Å². The van der Waals surface area contributed by atoms with Crippen LogP contribution in [0.1, 0.15) is 13.8 Å². The summed E-state index contributed by atoms with van der Waals surface area (Å²) >= 11 is 0. The Balaban J connectivity index is 2.61. The molecule has 0 N–H and O–H groups in total. The number of hydrogen-bond acceptors (Lipinski definition) is 6. The standard InChI is InChI=1S/C8H10O6/c1-4(9)13-6-3-12-8(11)7(6)14-5(2)10/h6-7H,3H2,1-2H3. The van der Waals surface area contributed by atoms with E-state index in [0.29, 0.717) is 0 Å². The first-order valence-corrected chi connectivity index (χ1v) is 4.02. The van der Waals surface area contributed by atoms with Crippen molar-refractivity contribution in [1.82, 2.24) is 0 Å². The second kappa shape index (κ2) is 4.08. The van der Waals surface area contributed by atoms with Crippen molar-refractivity contribution in [1.29, 1.82) is 0 Å². The minimum atomic E-state index is -1.13. The van der Waals surface area contributed by atoms with Crippen LogP contribution in [-0.2, 0) is 28.6 Å². The molecule has 2 atom stereocenters. The molecule has 0 radical (unpaired) electrons.